The highest BCUT2D eigenvalue weighted by atomic mass is 35.5. The van der Waals surface area contributed by atoms with Gasteiger partial charge in [0.15, 0.2) is 5.78 Å². The Morgan fingerprint density at radius 2 is 2.28 bits per heavy atom. The van der Waals surface area contributed by atoms with Gasteiger partial charge in [0, 0.05) is 25.2 Å². The molecule has 2 N–H and O–H groups in total. The number of nitrogens with two attached hydrogens (primary N) is 1. The number of rotatable bonds is 4. The number of carbonyl (C=O) groups is 1. The maximum absolute atomic E-state index is 12.0. The third kappa shape index (κ3) is 2.90. The summed E-state index contributed by atoms with van der Waals surface area (Å²) >= 11 is 5.81. The number of hydrogen-bond acceptors (Lipinski definition) is 3. The molecule has 0 amide bonds. The summed E-state index contributed by atoms with van der Waals surface area (Å²) in [7, 11) is 1.85. The molecule has 0 saturated carbocycles. The Balaban J connectivity index is 2.01. The molecule has 0 aliphatic rings. The second-order valence-corrected chi connectivity index (χ2v) is 4.59. The van der Waals surface area contributed by atoms with Gasteiger partial charge in [-0.05, 0) is 30.2 Å². The highest BCUT2D eigenvalue weighted by Crippen LogP contribution is 2.20. The molecule has 94 valence electrons. The van der Waals surface area contributed by atoms with Gasteiger partial charge in [-0.3, -0.25) is 9.48 Å². The Kier molecular flexibility index (Phi) is 3.67. The third-order valence-electron chi connectivity index (χ3n) is 2.72. The van der Waals surface area contributed by atoms with E-state index in [4.69, 9.17) is 17.3 Å². The van der Waals surface area contributed by atoms with E-state index in [0.29, 0.717) is 29.1 Å². The number of anilines is 1. The van der Waals surface area contributed by atoms with E-state index in [1.54, 1.807) is 29.1 Å². The van der Waals surface area contributed by atoms with Gasteiger partial charge in [-0.15, -0.1) is 0 Å². The lowest BCUT2D eigenvalue weighted by molar-refractivity contribution is 0.0983. The standard InChI is InChI=1S/C13H14ClN3O/c1-17-8-9(7-16-17)2-5-13(18)10-3-4-11(14)12(15)6-10/h3-4,6-8H,2,5,15H2,1H3. The maximum Gasteiger partial charge on any atom is 0.163 e. The highest BCUT2D eigenvalue weighted by molar-refractivity contribution is 6.33. The van der Waals surface area contributed by atoms with E-state index in [2.05, 4.69) is 5.10 Å². The minimum Gasteiger partial charge on any atom is -0.398 e. The summed E-state index contributed by atoms with van der Waals surface area (Å²) in [5, 5.41) is 4.53. The van der Waals surface area contributed by atoms with Crippen molar-refractivity contribution in [1.29, 1.82) is 0 Å². The van der Waals surface area contributed by atoms with Gasteiger partial charge in [0.1, 0.15) is 0 Å². The quantitative estimate of drug-likeness (QED) is 0.681. The van der Waals surface area contributed by atoms with E-state index in [1.807, 2.05) is 13.2 Å². The summed E-state index contributed by atoms with van der Waals surface area (Å²) < 4.78 is 1.72. The smallest absolute Gasteiger partial charge is 0.163 e. The average molecular weight is 264 g/mol. The maximum atomic E-state index is 12.0. The van der Waals surface area contributed by atoms with Gasteiger partial charge in [0.05, 0.1) is 16.9 Å². The minimum absolute atomic E-state index is 0.0576. The molecule has 2 aromatic rings. The first-order chi connectivity index (χ1) is 8.56. The fourth-order valence-corrected chi connectivity index (χ4v) is 1.84. The zero-order chi connectivity index (χ0) is 13.1. The zero-order valence-corrected chi connectivity index (χ0v) is 10.8. The van der Waals surface area contributed by atoms with E-state index in [1.165, 1.54) is 0 Å². The van der Waals surface area contributed by atoms with E-state index in [-0.39, 0.29) is 5.78 Å². The zero-order valence-electron chi connectivity index (χ0n) is 10.1. The number of aromatic nitrogens is 2. The fraction of sp³-hybridized carbons (Fsp3) is 0.231. The molecule has 0 saturated heterocycles. The Morgan fingerprint density at radius 3 is 2.89 bits per heavy atom. The molecule has 0 fully saturated rings. The van der Waals surface area contributed by atoms with Crippen LogP contribution in [0.5, 0.6) is 0 Å². The lowest BCUT2D eigenvalue weighted by Gasteiger charge is -2.03. The van der Waals surface area contributed by atoms with Crippen molar-refractivity contribution in [2.45, 2.75) is 12.8 Å². The molecule has 0 radical (unpaired) electrons. The number of ketones is 1. The van der Waals surface area contributed by atoms with Crippen molar-refractivity contribution in [2.24, 2.45) is 7.05 Å². The number of benzene rings is 1. The molecule has 2 rings (SSSR count). The number of halogens is 1. The van der Waals surface area contributed by atoms with Crippen LogP contribution in [0.25, 0.3) is 0 Å². The van der Waals surface area contributed by atoms with Crippen LogP contribution in [0.3, 0.4) is 0 Å². The van der Waals surface area contributed by atoms with Crippen LogP contribution in [-0.2, 0) is 13.5 Å². The Labute approximate surface area is 110 Å². The number of hydrogen-bond donors (Lipinski definition) is 1. The Bertz CT molecular complexity index is 577. The van der Waals surface area contributed by atoms with Crippen LogP contribution in [0.15, 0.2) is 30.6 Å². The van der Waals surface area contributed by atoms with Crippen molar-refractivity contribution in [3.8, 4) is 0 Å². The molecule has 1 aromatic carbocycles. The lowest BCUT2D eigenvalue weighted by Crippen LogP contribution is -2.02. The highest BCUT2D eigenvalue weighted by Gasteiger charge is 2.08. The van der Waals surface area contributed by atoms with Crippen LogP contribution in [0.1, 0.15) is 22.3 Å². The van der Waals surface area contributed by atoms with Crippen molar-refractivity contribution in [3.63, 3.8) is 0 Å². The van der Waals surface area contributed by atoms with Crippen molar-refractivity contribution < 1.29 is 4.79 Å². The molecule has 4 nitrogen and oxygen atoms in total. The van der Waals surface area contributed by atoms with Crippen molar-refractivity contribution in [3.05, 3.63) is 46.7 Å². The summed E-state index contributed by atoms with van der Waals surface area (Å²) in [6.45, 7) is 0. The van der Waals surface area contributed by atoms with Crippen LogP contribution >= 0.6 is 11.6 Å². The fourth-order valence-electron chi connectivity index (χ4n) is 1.72. The molecule has 0 aliphatic heterocycles. The van der Waals surface area contributed by atoms with Crippen molar-refractivity contribution in [1.82, 2.24) is 9.78 Å². The third-order valence-corrected chi connectivity index (χ3v) is 3.06. The Hall–Kier alpha value is -1.81. The molecule has 18 heavy (non-hydrogen) atoms. The molecule has 0 unspecified atom stereocenters. The molecule has 1 heterocycles. The topological polar surface area (TPSA) is 60.9 Å². The number of aryl methyl sites for hydroxylation is 2. The molecule has 1 aromatic heterocycles. The van der Waals surface area contributed by atoms with E-state index in [0.717, 1.165) is 5.56 Å². The summed E-state index contributed by atoms with van der Waals surface area (Å²) in [5.41, 5.74) is 7.75. The molecule has 0 spiro atoms. The van der Waals surface area contributed by atoms with Crippen LogP contribution < -0.4 is 5.73 Å². The van der Waals surface area contributed by atoms with Crippen molar-refractivity contribution in [2.75, 3.05) is 5.73 Å². The molecule has 0 aliphatic carbocycles. The van der Waals surface area contributed by atoms with Gasteiger partial charge in [-0.1, -0.05) is 11.6 Å². The predicted octanol–water partition coefficient (Wildman–Crippen LogP) is 2.47. The number of Topliss-reactive ketones (excluding diaryl/α,β-unsaturated/α-hetero) is 1. The van der Waals surface area contributed by atoms with Gasteiger partial charge < -0.3 is 5.73 Å². The first kappa shape index (κ1) is 12.6. The van der Waals surface area contributed by atoms with Gasteiger partial charge in [0.25, 0.3) is 0 Å². The van der Waals surface area contributed by atoms with Gasteiger partial charge in [-0.2, -0.15) is 5.10 Å². The Morgan fingerprint density at radius 1 is 1.50 bits per heavy atom. The molecule has 0 bridgehead atoms. The molecule has 5 heteroatoms. The molecular formula is C13H14ClN3O. The summed E-state index contributed by atoms with van der Waals surface area (Å²) in [6.07, 6.45) is 4.79. The predicted molar refractivity (Wildman–Crippen MR) is 71.7 cm³/mol. The first-order valence-electron chi connectivity index (χ1n) is 5.62. The summed E-state index contributed by atoms with van der Waals surface area (Å²) in [5.74, 6) is 0.0576. The van der Waals surface area contributed by atoms with Crippen molar-refractivity contribution >= 4 is 23.1 Å². The molecular weight excluding hydrogens is 250 g/mol. The lowest BCUT2D eigenvalue weighted by atomic mass is 10.0. The number of carbonyl (C=O) groups excluding carboxylic acids is 1. The monoisotopic (exact) mass is 263 g/mol. The molecule has 0 atom stereocenters. The average Bonchev–Trinajstić information content (AvgIpc) is 2.75. The minimum atomic E-state index is 0.0576. The van der Waals surface area contributed by atoms with Gasteiger partial charge in [-0.25, -0.2) is 0 Å². The van der Waals surface area contributed by atoms with E-state index >= 15 is 0 Å². The summed E-state index contributed by atoms with van der Waals surface area (Å²) in [4.78, 5) is 12.0. The van der Waals surface area contributed by atoms with E-state index in [9.17, 15) is 4.79 Å². The van der Waals surface area contributed by atoms with Crippen LogP contribution in [0, 0.1) is 0 Å². The van der Waals surface area contributed by atoms with Crippen LogP contribution in [0.2, 0.25) is 5.02 Å². The normalized spacial score (nSPS) is 10.6. The SMILES string of the molecule is Cn1cc(CCC(=O)c2ccc(Cl)c(N)c2)cn1. The largest absolute Gasteiger partial charge is 0.398 e. The van der Waals surface area contributed by atoms with E-state index < -0.39 is 0 Å². The van der Waals surface area contributed by atoms with Crippen LogP contribution in [0.4, 0.5) is 5.69 Å². The number of nitrogen functional groups attached to an aromatic ring is 1. The van der Waals surface area contributed by atoms with Gasteiger partial charge >= 0.3 is 0 Å². The first-order valence-corrected chi connectivity index (χ1v) is 6.00. The number of nitrogens with zero attached hydrogens (tertiary/aromatic N) is 2. The second kappa shape index (κ2) is 5.23. The second-order valence-electron chi connectivity index (χ2n) is 4.18. The van der Waals surface area contributed by atoms with Crippen LogP contribution in [-0.4, -0.2) is 15.6 Å². The van der Waals surface area contributed by atoms with Gasteiger partial charge in [0.2, 0.25) is 0 Å². The summed E-state index contributed by atoms with van der Waals surface area (Å²) in [6, 6.07) is 4.96.